The zero-order valence-electron chi connectivity index (χ0n) is 8.20. The molecule has 0 saturated carbocycles. The van der Waals surface area contributed by atoms with Gasteiger partial charge in [-0.1, -0.05) is 13.8 Å². The molecule has 1 rings (SSSR count). The fraction of sp³-hybridized carbons (Fsp3) is 0.750. The van der Waals surface area contributed by atoms with Gasteiger partial charge in [0.05, 0.1) is 0 Å². The zero-order valence-corrected chi connectivity index (χ0v) is 8.20. The maximum absolute atomic E-state index is 10.9. The van der Waals surface area contributed by atoms with Crippen LogP contribution in [0.25, 0.3) is 0 Å². The van der Waals surface area contributed by atoms with Gasteiger partial charge in [0.15, 0.2) is 0 Å². The molecule has 5 nitrogen and oxygen atoms in total. The Morgan fingerprint density at radius 2 is 2.15 bits per heavy atom. The average Bonchev–Trinajstić information content (AvgIpc) is 2.50. The van der Waals surface area contributed by atoms with Crippen molar-refractivity contribution in [2.45, 2.75) is 32.7 Å². The van der Waals surface area contributed by atoms with Gasteiger partial charge in [-0.15, -0.1) is 0 Å². The molecule has 1 atom stereocenters. The minimum Gasteiger partial charge on any atom is -0.357 e. The topological polar surface area (TPSA) is 69.6 Å². The number of likely N-dealkylation sites (N-methyl/N-ethyl adjacent to an activating group) is 1. The fourth-order valence-electron chi connectivity index (χ4n) is 1.08. The van der Waals surface area contributed by atoms with Crippen LogP contribution in [-0.2, 0) is 9.59 Å². The largest absolute Gasteiger partial charge is 0.357 e. The first kappa shape index (κ1) is 11.9. The standard InChI is InChI=1S/C6H10N2O3.C2H6/c1-7-6(10)4-2-3-5(9)8(4)11;1-2/h4,11H,2-3H2,1H3,(H,7,10);1-2H3. The number of carbonyl (C=O) groups is 2. The first-order chi connectivity index (χ1) is 6.16. The Kier molecular flexibility index (Phi) is 5.06. The molecule has 0 aromatic rings. The third-order valence-electron chi connectivity index (χ3n) is 1.73. The third kappa shape index (κ3) is 2.69. The summed E-state index contributed by atoms with van der Waals surface area (Å²) >= 11 is 0. The molecule has 1 fully saturated rings. The molecule has 0 aromatic heterocycles. The normalized spacial score (nSPS) is 20.8. The summed E-state index contributed by atoms with van der Waals surface area (Å²) in [5.74, 6) is -0.711. The molecule has 13 heavy (non-hydrogen) atoms. The summed E-state index contributed by atoms with van der Waals surface area (Å²) in [6, 6.07) is -0.688. The van der Waals surface area contributed by atoms with E-state index in [0.717, 1.165) is 0 Å². The van der Waals surface area contributed by atoms with Crippen LogP contribution in [-0.4, -0.2) is 35.2 Å². The highest BCUT2D eigenvalue weighted by Crippen LogP contribution is 2.15. The summed E-state index contributed by atoms with van der Waals surface area (Å²) in [6.45, 7) is 4.00. The summed E-state index contributed by atoms with van der Waals surface area (Å²) in [7, 11) is 1.47. The highest BCUT2D eigenvalue weighted by atomic mass is 16.5. The Morgan fingerprint density at radius 1 is 1.62 bits per heavy atom. The maximum Gasteiger partial charge on any atom is 0.246 e. The molecule has 1 heterocycles. The molecule has 0 spiro atoms. The zero-order chi connectivity index (χ0) is 10.4. The third-order valence-corrected chi connectivity index (χ3v) is 1.73. The molecule has 0 aromatic carbocycles. The number of rotatable bonds is 1. The van der Waals surface area contributed by atoms with Crippen LogP contribution < -0.4 is 5.32 Å². The van der Waals surface area contributed by atoms with Gasteiger partial charge < -0.3 is 5.32 Å². The highest BCUT2D eigenvalue weighted by molar-refractivity contribution is 5.89. The van der Waals surface area contributed by atoms with E-state index < -0.39 is 11.9 Å². The van der Waals surface area contributed by atoms with E-state index >= 15 is 0 Å². The molecule has 2 amide bonds. The number of amides is 2. The Morgan fingerprint density at radius 3 is 2.46 bits per heavy atom. The molecule has 76 valence electrons. The Balaban J connectivity index is 0.000000671. The average molecular weight is 188 g/mol. The molecule has 1 saturated heterocycles. The Bertz CT molecular complexity index is 194. The summed E-state index contributed by atoms with van der Waals surface area (Å²) in [5.41, 5.74) is 0. The molecule has 1 aliphatic rings. The van der Waals surface area contributed by atoms with Crippen molar-refractivity contribution < 1.29 is 14.8 Å². The summed E-state index contributed by atoms with van der Waals surface area (Å²) in [4.78, 5) is 21.6. The fourth-order valence-corrected chi connectivity index (χ4v) is 1.08. The van der Waals surface area contributed by atoms with Crippen LogP contribution in [0.3, 0.4) is 0 Å². The second-order valence-electron chi connectivity index (χ2n) is 2.41. The number of hydrogen-bond acceptors (Lipinski definition) is 3. The van der Waals surface area contributed by atoms with Crippen LogP contribution >= 0.6 is 0 Å². The first-order valence-electron chi connectivity index (χ1n) is 4.39. The quantitative estimate of drug-likeness (QED) is 0.575. The van der Waals surface area contributed by atoms with E-state index in [2.05, 4.69) is 5.32 Å². The van der Waals surface area contributed by atoms with E-state index in [4.69, 9.17) is 5.21 Å². The van der Waals surface area contributed by atoms with Crippen molar-refractivity contribution in [3.63, 3.8) is 0 Å². The lowest BCUT2D eigenvalue weighted by atomic mass is 10.2. The van der Waals surface area contributed by atoms with Crippen LogP contribution in [0.1, 0.15) is 26.7 Å². The minimum atomic E-state index is -0.688. The predicted molar refractivity (Wildman–Crippen MR) is 47.1 cm³/mol. The molecule has 0 bridgehead atoms. The predicted octanol–water partition coefficient (Wildman–Crippen LogP) is 0.139. The smallest absolute Gasteiger partial charge is 0.246 e. The number of hydrogen-bond donors (Lipinski definition) is 2. The number of nitrogens with zero attached hydrogens (tertiary/aromatic N) is 1. The van der Waals surface area contributed by atoms with Crippen LogP contribution in [0.5, 0.6) is 0 Å². The van der Waals surface area contributed by atoms with Gasteiger partial charge >= 0.3 is 0 Å². The van der Waals surface area contributed by atoms with E-state index in [9.17, 15) is 9.59 Å². The van der Waals surface area contributed by atoms with E-state index in [1.54, 1.807) is 0 Å². The van der Waals surface area contributed by atoms with Gasteiger partial charge in [0.1, 0.15) is 6.04 Å². The molecular formula is C8H16N2O3. The second kappa shape index (κ2) is 5.53. The van der Waals surface area contributed by atoms with Crippen molar-refractivity contribution in [3.05, 3.63) is 0 Å². The minimum absolute atomic E-state index is 0.245. The van der Waals surface area contributed by atoms with Crippen molar-refractivity contribution in [2.24, 2.45) is 0 Å². The number of carbonyl (C=O) groups excluding carboxylic acids is 2. The summed E-state index contributed by atoms with van der Waals surface area (Å²) in [5, 5.41) is 11.8. The van der Waals surface area contributed by atoms with Gasteiger partial charge in [-0.2, -0.15) is 0 Å². The summed E-state index contributed by atoms with van der Waals surface area (Å²) in [6.07, 6.45) is 0.642. The van der Waals surface area contributed by atoms with E-state index in [1.807, 2.05) is 13.8 Å². The van der Waals surface area contributed by atoms with Crippen molar-refractivity contribution in [1.82, 2.24) is 10.4 Å². The Hall–Kier alpha value is -1.10. The molecule has 2 N–H and O–H groups in total. The van der Waals surface area contributed by atoms with Crippen molar-refractivity contribution in [1.29, 1.82) is 0 Å². The first-order valence-corrected chi connectivity index (χ1v) is 4.39. The maximum atomic E-state index is 10.9. The Labute approximate surface area is 77.7 Å². The van der Waals surface area contributed by atoms with Gasteiger partial charge in [0, 0.05) is 13.5 Å². The molecular weight excluding hydrogens is 172 g/mol. The van der Waals surface area contributed by atoms with E-state index in [1.165, 1.54) is 7.05 Å². The van der Waals surface area contributed by atoms with Gasteiger partial charge in [0.25, 0.3) is 0 Å². The molecule has 0 radical (unpaired) electrons. The number of hydroxylamine groups is 2. The lowest BCUT2D eigenvalue weighted by molar-refractivity contribution is -0.169. The van der Waals surface area contributed by atoms with Crippen LogP contribution in [0.15, 0.2) is 0 Å². The van der Waals surface area contributed by atoms with E-state index in [0.29, 0.717) is 11.5 Å². The molecule has 5 heteroatoms. The van der Waals surface area contributed by atoms with E-state index in [-0.39, 0.29) is 12.3 Å². The van der Waals surface area contributed by atoms with Gasteiger partial charge in [-0.05, 0) is 6.42 Å². The van der Waals surface area contributed by atoms with Crippen LogP contribution in [0.4, 0.5) is 0 Å². The monoisotopic (exact) mass is 188 g/mol. The number of nitrogens with one attached hydrogen (secondary N) is 1. The SMILES string of the molecule is CC.CNC(=O)C1CCC(=O)N1O. The van der Waals surface area contributed by atoms with Crippen LogP contribution in [0, 0.1) is 0 Å². The molecule has 1 aliphatic heterocycles. The molecule has 0 aliphatic carbocycles. The lowest BCUT2D eigenvalue weighted by Crippen LogP contribution is -2.41. The highest BCUT2D eigenvalue weighted by Gasteiger charge is 2.34. The summed E-state index contributed by atoms with van der Waals surface area (Å²) < 4.78 is 0. The van der Waals surface area contributed by atoms with Crippen molar-refractivity contribution in [3.8, 4) is 0 Å². The van der Waals surface area contributed by atoms with Crippen molar-refractivity contribution in [2.75, 3.05) is 7.05 Å². The molecule has 1 unspecified atom stereocenters. The lowest BCUT2D eigenvalue weighted by Gasteiger charge is -2.14. The van der Waals surface area contributed by atoms with Gasteiger partial charge in [-0.3, -0.25) is 14.8 Å². The second-order valence-corrected chi connectivity index (χ2v) is 2.41. The van der Waals surface area contributed by atoms with Crippen molar-refractivity contribution >= 4 is 11.8 Å². The van der Waals surface area contributed by atoms with Gasteiger partial charge in [-0.25, -0.2) is 5.06 Å². The van der Waals surface area contributed by atoms with Crippen LogP contribution in [0.2, 0.25) is 0 Å². The van der Waals surface area contributed by atoms with Gasteiger partial charge in [0.2, 0.25) is 11.8 Å².